The van der Waals surface area contributed by atoms with Gasteiger partial charge in [0.1, 0.15) is 11.5 Å². The van der Waals surface area contributed by atoms with Crippen LogP contribution in [-0.2, 0) is 14.7 Å². The number of hydrogen-bond acceptors (Lipinski definition) is 9. The van der Waals surface area contributed by atoms with Crippen molar-refractivity contribution in [2.24, 2.45) is 0 Å². The molecule has 2 aliphatic rings. The maximum absolute atomic E-state index is 12.3. The van der Waals surface area contributed by atoms with E-state index in [0.717, 1.165) is 11.3 Å². The fraction of sp³-hybridized carbons (Fsp3) is 0.455. The molecule has 2 fully saturated rings. The van der Waals surface area contributed by atoms with E-state index in [-0.39, 0.29) is 23.2 Å². The van der Waals surface area contributed by atoms with Gasteiger partial charge < -0.3 is 16.0 Å². The third-order valence-corrected chi connectivity index (χ3v) is 4.86. The Morgan fingerprint density at radius 1 is 1.52 bits per heavy atom. The molecule has 1 aromatic heterocycles. The lowest BCUT2D eigenvalue weighted by Crippen LogP contribution is -2.50. The van der Waals surface area contributed by atoms with Crippen LogP contribution >= 0.6 is 11.3 Å². The zero-order valence-electron chi connectivity index (χ0n) is 12.6. The van der Waals surface area contributed by atoms with E-state index in [1.54, 1.807) is 0 Å². The summed E-state index contributed by atoms with van der Waals surface area (Å²) in [6.45, 7) is 0.112. The molecule has 2 aliphatic heterocycles. The van der Waals surface area contributed by atoms with Gasteiger partial charge in [0.2, 0.25) is 0 Å². The molecular weight excluding hydrogens is 376 g/mol. The van der Waals surface area contributed by atoms with Crippen molar-refractivity contribution in [2.75, 3.05) is 12.3 Å². The third-order valence-electron chi connectivity index (χ3n) is 3.83. The molecule has 0 saturated carbocycles. The first-order chi connectivity index (χ1) is 11.7. The number of nitrogens with two attached hydrogens (primary N) is 1. The van der Waals surface area contributed by atoms with Crippen LogP contribution in [0.2, 0.25) is 0 Å². The van der Waals surface area contributed by atoms with Crippen LogP contribution in [0.25, 0.3) is 0 Å². The number of fused-ring (bicyclic) bond motifs is 2. The highest BCUT2D eigenvalue weighted by atomic mass is 32.3. The van der Waals surface area contributed by atoms with Gasteiger partial charge >= 0.3 is 16.4 Å². The molecule has 2 saturated heterocycles. The Kier molecular flexibility index (Phi) is 4.36. The van der Waals surface area contributed by atoms with Gasteiger partial charge in [0.25, 0.3) is 5.91 Å². The number of thiazole rings is 1. The molecule has 5 N–H and O–H groups in total. The first-order valence-corrected chi connectivity index (χ1v) is 9.28. The minimum absolute atomic E-state index is 0.0602. The molecule has 25 heavy (non-hydrogen) atoms. The van der Waals surface area contributed by atoms with Crippen molar-refractivity contribution in [3.8, 4) is 0 Å². The maximum atomic E-state index is 12.3. The topological polar surface area (TPSA) is 179 Å². The van der Waals surface area contributed by atoms with Crippen LogP contribution in [-0.4, -0.2) is 64.3 Å². The normalized spacial score (nSPS) is 23.0. The lowest BCUT2D eigenvalue weighted by atomic mass is 10.00. The number of amides is 3. The van der Waals surface area contributed by atoms with E-state index in [1.165, 1.54) is 10.3 Å². The summed E-state index contributed by atoms with van der Waals surface area (Å²) in [6, 6.07) is -2.12. The van der Waals surface area contributed by atoms with Gasteiger partial charge in [-0.1, -0.05) is 0 Å². The first kappa shape index (κ1) is 17.5. The number of rotatable bonds is 4. The predicted molar refractivity (Wildman–Crippen MR) is 85.1 cm³/mol. The van der Waals surface area contributed by atoms with Gasteiger partial charge in [0.05, 0.1) is 12.1 Å². The van der Waals surface area contributed by atoms with Gasteiger partial charge in [-0.05, 0) is 12.8 Å². The lowest BCUT2D eigenvalue weighted by molar-refractivity contribution is -0.0316. The van der Waals surface area contributed by atoms with Crippen LogP contribution in [0.1, 0.15) is 23.3 Å². The molecular formula is C11H14N6O6S2. The van der Waals surface area contributed by atoms with Crippen LogP contribution in [0, 0.1) is 5.41 Å². The average Bonchev–Trinajstić information content (AvgIpc) is 3.05. The van der Waals surface area contributed by atoms with Crippen molar-refractivity contribution in [1.29, 1.82) is 5.41 Å². The Hall–Kier alpha value is -2.29. The molecule has 136 valence electrons. The SMILES string of the molecule is N=C(NC(=O)c1csc(N)n1)[C@@H]1CC[C@@H]2CN1C(=O)N2OS(=O)(=O)O. The second-order valence-electron chi connectivity index (χ2n) is 5.45. The van der Waals surface area contributed by atoms with Crippen LogP contribution in [0.15, 0.2) is 5.38 Å². The summed E-state index contributed by atoms with van der Waals surface area (Å²) in [5, 5.41) is 12.6. The average molecular weight is 390 g/mol. The predicted octanol–water partition coefficient (Wildman–Crippen LogP) is -0.565. The molecule has 14 heteroatoms. The van der Waals surface area contributed by atoms with E-state index in [4.69, 9.17) is 15.7 Å². The fourth-order valence-electron chi connectivity index (χ4n) is 2.79. The summed E-state index contributed by atoms with van der Waals surface area (Å²) in [5.74, 6) is -0.852. The van der Waals surface area contributed by atoms with Crippen LogP contribution in [0.5, 0.6) is 0 Å². The zero-order valence-corrected chi connectivity index (χ0v) is 14.2. The number of amidine groups is 1. The quantitative estimate of drug-likeness (QED) is 0.300. The van der Waals surface area contributed by atoms with Gasteiger partial charge in [-0.25, -0.2) is 9.78 Å². The van der Waals surface area contributed by atoms with Crippen molar-refractivity contribution < 1.29 is 26.8 Å². The largest absolute Gasteiger partial charge is 0.418 e. The standard InChI is InChI=1S/C11H14N6O6S2/c12-8(15-9(18)6-4-24-10(13)14-6)7-2-1-5-3-16(7)11(19)17(5)23-25(20,21)22/h4-5,7H,1-3H2,(H2,13,14)(H2,12,15,18)(H,20,21,22)/t5-,7+/m1/s1. The number of anilines is 1. The second-order valence-corrected chi connectivity index (χ2v) is 7.34. The molecule has 3 heterocycles. The van der Waals surface area contributed by atoms with E-state index >= 15 is 0 Å². The molecule has 0 spiro atoms. The summed E-state index contributed by atoms with van der Waals surface area (Å²) >= 11 is 1.08. The number of nitrogens with one attached hydrogen (secondary N) is 2. The van der Waals surface area contributed by atoms with Crippen molar-refractivity contribution in [3.63, 3.8) is 0 Å². The van der Waals surface area contributed by atoms with Crippen molar-refractivity contribution in [3.05, 3.63) is 11.1 Å². The summed E-state index contributed by atoms with van der Waals surface area (Å²) in [6.07, 6.45) is 0.657. The van der Waals surface area contributed by atoms with Crippen molar-refractivity contribution in [1.82, 2.24) is 20.3 Å². The molecule has 1 aromatic rings. The van der Waals surface area contributed by atoms with E-state index in [2.05, 4.69) is 14.6 Å². The van der Waals surface area contributed by atoms with E-state index in [9.17, 15) is 18.0 Å². The van der Waals surface area contributed by atoms with Gasteiger partial charge in [0.15, 0.2) is 5.13 Å². The van der Waals surface area contributed by atoms with Crippen molar-refractivity contribution in [2.45, 2.75) is 24.9 Å². The smallest absolute Gasteiger partial charge is 0.375 e. The Balaban J connectivity index is 1.69. The monoisotopic (exact) mass is 390 g/mol. The number of carbonyl (C=O) groups is 2. The van der Waals surface area contributed by atoms with E-state index < -0.39 is 34.4 Å². The molecule has 3 amide bonds. The Bertz CT molecular complexity index is 838. The Morgan fingerprint density at radius 3 is 2.84 bits per heavy atom. The molecule has 12 nitrogen and oxygen atoms in total. The molecule has 2 atom stereocenters. The Morgan fingerprint density at radius 2 is 2.24 bits per heavy atom. The molecule has 2 bridgehead atoms. The number of nitrogen functional groups attached to an aromatic ring is 1. The molecule has 0 aromatic carbocycles. The minimum Gasteiger partial charge on any atom is -0.375 e. The number of hydrogen-bond donors (Lipinski definition) is 4. The lowest BCUT2D eigenvalue weighted by Gasteiger charge is -2.30. The number of hydroxylamine groups is 2. The number of urea groups is 1. The molecule has 0 aliphatic carbocycles. The highest BCUT2D eigenvalue weighted by Crippen LogP contribution is 2.30. The molecule has 0 radical (unpaired) electrons. The summed E-state index contributed by atoms with van der Waals surface area (Å²) in [4.78, 5) is 29.3. The number of aromatic nitrogens is 1. The summed E-state index contributed by atoms with van der Waals surface area (Å²) < 4.78 is 34.7. The van der Waals surface area contributed by atoms with E-state index in [0.29, 0.717) is 17.9 Å². The van der Waals surface area contributed by atoms with Crippen molar-refractivity contribution >= 4 is 44.6 Å². The zero-order chi connectivity index (χ0) is 18.4. The van der Waals surface area contributed by atoms with Crippen LogP contribution in [0.3, 0.4) is 0 Å². The first-order valence-electron chi connectivity index (χ1n) is 7.03. The number of nitrogens with zero attached hydrogens (tertiary/aromatic N) is 3. The summed E-state index contributed by atoms with van der Waals surface area (Å²) in [7, 11) is -4.83. The van der Waals surface area contributed by atoms with Gasteiger partial charge in [-0.3, -0.25) is 14.8 Å². The maximum Gasteiger partial charge on any atom is 0.418 e. The van der Waals surface area contributed by atoms with Gasteiger partial charge in [-0.2, -0.15) is 13.5 Å². The Labute approximate surface area is 146 Å². The minimum atomic E-state index is -4.83. The highest BCUT2D eigenvalue weighted by Gasteiger charge is 2.48. The van der Waals surface area contributed by atoms with Crippen LogP contribution < -0.4 is 11.1 Å². The fourth-order valence-corrected chi connectivity index (χ4v) is 3.72. The second kappa shape index (κ2) is 6.21. The van der Waals surface area contributed by atoms with E-state index in [1.807, 2.05) is 0 Å². The third kappa shape index (κ3) is 3.55. The van der Waals surface area contributed by atoms with Gasteiger partial charge in [0, 0.05) is 11.9 Å². The number of carbonyl (C=O) groups excluding carboxylic acids is 2. The molecule has 3 rings (SSSR count). The van der Waals surface area contributed by atoms with Gasteiger partial charge in [-0.15, -0.1) is 15.6 Å². The van der Waals surface area contributed by atoms with Crippen LogP contribution in [0.4, 0.5) is 9.93 Å². The summed E-state index contributed by atoms with van der Waals surface area (Å²) in [5.41, 5.74) is 5.52. The molecule has 0 unspecified atom stereocenters. The highest BCUT2D eigenvalue weighted by molar-refractivity contribution is 7.80. The number of piperidine rings is 1.